The monoisotopic (exact) mass is 548 g/mol. The van der Waals surface area contributed by atoms with Gasteiger partial charge in [0.25, 0.3) is 0 Å². The molecule has 0 amide bonds. The van der Waals surface area contributed by atoms with Crippen molar-refractivity contribution in [1.29, 1.82) is 0 Å². The molecule has 0 heterocycles. The predicted molar refractivity (Wildman–Crippen MR) is 151 cm³/mol. The van der Waals surface area contributed by atoms with Crippen LogP contribution in [0, 0.1) is 17.3 Å². The summed E-state index contributed by atoms with van der Waals surface area (Å²) >= 11 is 0. The molecule has 0 N–H and O–H groups in total. The summed E-state index contributed by atoms with van der Waals surface area (Å²) < 4.78 is 0. The Bertz CT molecular complexity index is 902. The van der Waals surface area contributed by atoms with Crippen molar-refractivity contribution in [2.24, 2.45) is 17.3 Å². The van der Waals surface area contributed by atoms with Crippen LogP contribution in [0.2, 0.25) is 0 Å². The summed E-state index contributed by atoms with van der Waals surface area (Å²) in [6, 6.07) is 34.5. The lowest BCUT2D eigenvalue weighted by atomic mass is 9.61. The first-order valence-electron chi connectivity index (χ1n) is 13.8. The van der Waals surface area contributed by atoms with Gasteiger partial charge < -0.3 is 17.0 Å². The van der Waals surface area contributed by atoms with Gasteiger partial charge in [-0.15, -0.1) is 0 Å². The summed E-state index contributed by atoms with van der Waals surface area (Å²) in [5.74, 6) is 1.84. The molecule has 0 radical (unpaired) electrons. The van der Waals surface area contributed by atoms with Crippen LogP contribution in [0.15, 0.2) is 91.0 Å². The molecule has 0 unspecified atom stereocenters. The Balaban J connectivity index is 0.00000289. The first-order chi connectivity index (χ1) is 16.7. The maximum atomic E-state index is 2.41. The van der Waals surface area contributed by atoms with Crippen LogP contribution in [0.5, 0.6) is 0 Å². The third kappa shape index (κ3) is 5.78. The molecule has 3 aromatic rings. The van der Waals surface area contributed by atoms with Gasteiger partial charge in [-0.3, -0.25) is 0 Å². The largest absolute Gasteiger partial charge is 1.00 e. The average Bonchev–Trinajstić information content (AvgIpc) is 2.92. The highest BCUT2D eigenvalue weighted by atomic mass is 79.9. The molecule has 5 rings (SSSR count). The molecule has 0 bridgehead atoms. The minimum Gasteiger partial charge on any atom is -1.00 e. The van der Waals surface area contributed by atoms with E-state index in [1.54, 1.807) is 15.9 Å². The molecule has 2 fully saturated rings. The van der Waals surface area contributed by atoms with Crippen molar-refractivity contribution in [2.75, 3.05) is 6.16 Å². The Morgan fingerprint density at radius 1 is 0.600 bits per heavy atom. The molecule has 0 nitrogen and oxygen atoms in total. The van der Waals surface area contributed by atoms with Crippen molar-refractivity contribution in [2.45, 2.75) is 71.1 Å². The van der Waals surface area contributed by atoms with Crippen molar-refractivity contribution >= 4 is 23.2 Å². The Morgan fingerprint density at radius 3 is 1.34 bits per heavy atom. The fourth-order valence-corrected chi connectivity index (χ4v) is 11.9. The van der Waals surface area contributed by atoms with Gasteiger partial charge in [0.05, 0.1) is 6.16 Å². The fraction of sp³-hybridized carbons (Fsp3) is 0.455. The van der Waals surface area contributed by atoms with E-state index in [4.69, 9.17) is 0 Å². The molecular weight excluding hydrogens is 507 g/mol. The van der Waals surface area contributed by atoms with Gasteiger partial charge in [0.15, 0.2) is 0 Å². The average molecular weight is 550 g/mol. The molecule has 35 heavy (non-hydrogen) atoms. The second-order valence-electron chi connectivity index (χ2n) is 11.2. The van der Waals surface area contributed by atoms with Crippen LogP contribution < -0.4 is 32.9 Å². The summed E-state index contributed by atoms with van der Waals surface area (Å²) in [4.78, 5) is 0. The zero-order chi connectivity index (χ0) is 23.3. The molecule has 0 aliphatic heterocycles. The molecule has 2 aliphatic carbocycles. The van der Waals surface area contributed by atoms with Gasteiger partial charge in [-0.2, -0.15) is 0 Å². The third-order valence-electron chi connectivity index (χ3n) is 9.15. The smallest absolute Gasteiger partial charge is 0.112 e. The van der Waals surface area contributed by atoms with E-state index in [9.17, 15) is 0 Å². The van der Waals surface area contributed by atoms with Gasteiger partial charge in [-0.1, -0.05) is 74.4 Å². The Hall–Kier alpha value is -1.43. The molecule has 2 saturated carbocycles. The highest BCUT2D eigenvalue weighted by molar-refractivity contribution is 7.95. The van der Waals surface area contributed by atoms with Crippen LogP contribution in [0.25, 0.3) is 0 Å². The van der Waals surface area contributed by atoms with Crippen molar-refractivity contribution in [3.05, 3.63) is 91.0 Å². The van der Waals surface area contributed by atoms with Crippen LogP contribution in [0.1, 0.15) is 71.1 Å². The van der Waals surface area contributed by atoms with Crippen LogP contribution in [0.4, 0.5) is 0 Å². The van der Waals surface area contributed by atoms with E-state index >= 15 is 0 Å². The van der Waals surface area contributed by atoms with Crippen molar-refractivity contribution in [3.8, 4) is 0 Å². The first kappa shape index (κ1) is 26.6. The first-order valence-corrected chi connectivity index (χ1v) is 15.8. The van der Waals surface area contributed by atoms with Crippen LogP contribution in [-0.4, -0.2) is 6.16 Å². The molecular formula is C33H42BrP. The summed E-state index contributed by atoms with van der Waals surface area (Å²) in [6.07, 6.45) is 15.9. The number of hydrogen-bond donors (Lipinski definition) is 0. The maximum absolute atomic E-state index is 2.41. The predicted octanol–water partition coefficient (Wildman–Crippen LogP) is 5.15. The van der Waals surface area contributed by atoms with Gasteiger partial charge in [0, 0.05) is 0 Å². The molecule has 3 aromatic carbocycles. The molecule has 2 heteroatoms. The van der Waals surface area contributed by atoms with E-state index in [0.717, 1.165) is 11.8 Å². The number of benzene rings is 3. The van der Waals surface area contributed by atoms with E-state index in [1.807, 2.05) is 0 Å². The van der Waals surface area contributed by atoms with Crippen LogP contribution in [0.3, 0.4) is 0 Å². The Morgan fingerprint density at radius 2 is 0.971 bits per heavy atom. The fourth-order valence-electron chi connectivity index (χ4n) is 7.16. The SMILES string of the molecule is CCCC1CCC2(CC1)CCC(C[P+](c1ccccc1)(c1ccccc1)c1ccccc1)CC2.[Br-]. The minimum absolute atomic E-state index is 0. The highest BCUT2D eigenvalue weighted by Gasteiger charge is 2.48. The van der Waals surface area contributed by atoms with E-state index in [2.05, 4.69) is 97.9 Å². The Kier molecular flexibility index (Phi) is 9.29. The van der Waals surface area contributed by atoms with Crippen molar-refractivity contribution < 1.29 is 17.0 Å². The molecule has 0 aromatic heterocycles. The standard InChI is InChI=1S/C33H42P.BrH/c1-2-12-28-19-23-33(24-20-28)25-21-29(22-26-33)27-34(30-13-6-3-7-14-30,31-15-8-4-9-16-31)32-17-10-5-11-18-32;/h3-11,13-18,28-29H,2,12,19-27H2,1H3;1H/q+1;/p-1. The van der Waals surface area contributed by atoms with E-state index in [-0.39, 0.29) is 17.0 Å². The molecule has 186 valence electrons. The number of halogens is 1. The summed E-state index contributed by atoms with van der Waals surface area (Å²) in [5.41, 5.74) is 0.675. The third-order valence-corrected chi connectivity index (χ3v) is 13.8. The second kappa shape index (κ2) is 12.2. The summed E-state index contributed by atoms with van der Waals surface area (Å²) in [7, 11) is -1.69. The van der Waals surface area contributed by atoms with Crippen LogP contribution >= 0.6 is 7.26 Å². The van der Waals surface area contributed by atoms with E-state index < -0.39 is 7.26 Å². The van der Waals surface area contributed by atoms with Gasteiger partial charge in [-0.25, -0.2) is 0 Å². The van der Waals surface area contributed by atoms with Crippen molar-refractivity contribution in [1.82, 2.24) is 0 Å². The quantitative estimate of drug-likeness (QED) is 0.358. The maximum Gasteiger partial charge on any atom is 0.112 e. The topological polar surface area (TPSA) is 0 Å². The van der Waals surface area contributed by atoms with Gasteiger partial charge in [-0.05, 0) is 105 Å². The lowest BCUT2D eigenvalue weighted by molar-refractivity contribution is -0.00000713. The highest BCUT2D eigenvalue weighted by Crippen LogP contribution is 2.60. The van der Waals surface area contributed by atoms with Gasteiger partial charge in [0.1, 0.15) is 23.2 Å². The molecule has 0 atom stereocenters. The molecule has 1 spiro atoms. The molecule has 2 aliphatic rings. The summed E-state index contributed by atoms with van der Waals surface area (Å²) in [5, 5.41) is 4.65. The minimum atomic E-state index is -1.69. The normalized spacial score (nSPS) is 24.6. The zero-order valence-electron chi connectivity index (χ0n) is 21.4. The molecule has 0 saturated heterocycles. The Labute approximate surface area is 225 Å². The van der Waals surface area contributed by atoms with Crippen LogP contribution in [-0.2, 0) is 0 Å². The number of rotatable bonds is 7. The number of hydrogen-bond acceptors (Lipinski definition) is 0. The van der Waals surface area contributed by atoms with E-state index in [0.29, 0.717) is 5.41 Å². The second-order valence-corrected chi connectivity index (χ2v) is 14.7. The lowest BCUT2D eigenvalue weighted by Crippen LogP contribution is -3.00. The van der Waals surface area contributed by atoms with Gasteiger partial charge >= 0.3 is 0 Å². The zero-order valence-corrected chi connectivity index (χ0v) is 23.9. The lowest BCUT2D eigenvalue weighted by Gasteiger charge is -2.45. The van der Waals surface area contributed by atoms with Crippen molar-refractivity contribution in [3.63, 3.8) is 0 Å². The van der Waals surface area contributed by atoms with Gasteiger partial charge in [0.2, 0.25) is 0 Å². The van der Waals surface area contributed by atoms with E-state index in [1.165, 1.54) is 70.4 Å². The summed E-state index contributed by atoms with van der Waals surface area (Å²) in [6.45, 7) is 2.36.